The van der Waals surface area contributed by atoms with Gasteiger partial charge in [-0.2, -0.15) is 9.41 Å². The Hall–Kier alpha value is -3.06. The van der Waals surface area contributed by atoms with Crippen molar-refractivity contribution in [2.24, 2.45) is 5.10 Å². The van der Waals surface area contributed by atoms with E-state index in [9.17, 15) is 18.5 Å². The lowest BCUT2D eigenvalue weighted by molar-refractivity contribution is -0.385. The molecule has 0 bridgehead atoms. The number of hydrazone groups is 1. The number of β-amino-alcohol motifs (C(OH)–C–C–N with tert-alkyl or cyclic N) is 1. The maximum Gasteiger partial charge on any atom is 0.270 e. The molecule has 1 aliphatic rings. The van der Waals surface area contributed by atoms with Crippen LogP contribution in [0.2, 0.25) is 0 Å². The molecule has 1 saturated heterocycles. The van der Waals surface area contributed by atoms with Crippen molar-refractivity contribution in [3.63, 3.8) is 0 Å². The van der Waals surface area contributed by atoms with Crippen LogP contribution in [0.4, 0.5) is 11.4 Å². The smallest absolute Gasteiger partial charge is 0.270 e. The van der Waals surface area contributed by atoms with E-state index in [1.165, 1.54) is 22.7 Å². The zero-order valence-electron chi connectivity index (χ0n) is 17.5. The predicted octanol–water partition coefficient (Wildman–Crippen LogP) is 1.35. The average Bonchev–Trinajstić information content (AvgIpc) is 2.80. The number of methoxy groups -OCH3 is 1. The summed E-state index contributed by atoms with van der Waals surface area (Å²) in [5.41, 5.74) is 3.26. The van der Waals surface area contributed by atoms with Gasteiger partial charge < -0.3 is 9.84 Å². The van der Waals surface area contributed by atoms with Crippen LogP contribution in [-0.4, -0.2) is 80.3 Å². The Morgan fingerprint density at radius 2 is 1.88 bits per heavy atom. The normalized spacial score (nSPS) is 15.7. The van der Waals surface area contributed by atoms with Crippen molar-refractivity contribution < 1.29 is 23.2 Å². The van der Waals surface area contributed by atoms with Gasteiger partial charge in [-0.05, 0) is 35.9 Å². The fourth-order valence-electron chi connectivity index (χ4n) is 3.27. The summed E-state index contributed by atoms with van der Waals surface area (Å²) in [6.45, 7) is 1.84. The van der Waals surface area contributed by atoms with Crippen LogP contribution < -0.4 is 10.2 Å². The van der Waals surface area contributed by atoms with Crippen LogP contribution >= 0.6 is 0 Å². The minimum Gasteiger partial charge on any atom is -0.497 e. The Labute approximate surface area is 186 Å². The van der Waals surface area contributed by atoms with Crippen LogP contribution in [0.5, 0.6) is 5.75 Å². The van der Waals surface area contributed by atoms with Crippen LogP contribution in [0.1, 0.15) is 5.56 Å². The summed E-state index contributed by atoms with van der Waals surface area (Å²) in [7, 11) is -2.44. The summed E-state index contributed by atoms with van der Waals surface area (Å²) in [6, 6.07) is 10.7. The molecule has 0 saturated carbocycles. The fourth-order valence-corrected chi connectivity index (χ4v) is 4.85. The average molecular weight is 464 g/mol. The maximum atomic E-state index is 13.3. The number of benzene rings is 2. The predicted molar refractivity (Wildman–Crippen MR) is 120 cm³/mol. The number of hydrogen-bond acceptors (Lipinski definition) is 9. The van der Waals surface area contributed by atoms with Crippen LogP contribution in [0.3, 0.4) is 0 Å². The molecule has 1 heterocycles. The number of nitrogens with zero attached hydrogens (tertiary/aromatic N) is 4. The topological polar surface area (TPSA) is 138 Å². The van der Waals surface area contributed by atoms with E-state index in [-0.39, 0.29) is 36.0 Å². The third-order valence-electron chi connectivity index (χ3n) is 5.06. The third-order valence-corrected chi connectivity index (χ3v) is 6.99. The summed E-state index contributed by atoms with van der Waals surface area (Å²) in [5, 5.41) is 24.4. The quantitative estimate of drug-likeness (QED) is 0.323. The third kappa shape index (κ3) is 5.59. The minimum atomic E-state index is -4.00. The first kappa shape index (κ1) is 23.6. The molecular weight excluding hydrogens is 438 g/mol. The SMILES string of the molecule is COc1ccc(/C=N\Nc2ccc([N+](=O)[O-])cc2S(=O)(=O)N2CCN(CCO)CC2)cc1. The van der Waals surface area contributed by atoms with Gasteiger partial charge in [0.05, 0.1) is 30.5 Å². The zero-order valence-corrected chi connectivity index (χ0v) is 18.4. The van der Waals surface area contributed by atoms with Crippen molar-refractivity contribution >= 4 is 27.6 Å². The summed E-state index contributed by atoms with van der Waals surface area (Å²) < 4.78 is 33.0. The minimum absolute atomic E-state index is 0.00209. The van der Waals surface area contributed by atoms with E-state index in [0.717, 1.165) is 11.6 Å². The lowest BCUT2D eigenvalue weighted by atomic mass is 10.2. The van der Waals surface area contributed by atoms with Crippen molar-refractivity contribution in [2.45, 2.75) is 4.90 Å². The van der Waals surface area contributed by atoms with E-state index in [1.807, 2.05) is 4.90 Å². The Morgan fingerprint density at radius 3 is 2.47 bits per heavy atom. The first-order valence-electron chi connectivity index (χ1n) is 9.90. The molecular formula is C20H25N5O6S. The second-order valence-electron chi connectivity index (χ2n) is 7.05. The van der Waals surface area contributed by atoms with Gasteiger partial charge in [-0.1, -0.05) is 0 Å². The van der Waals surface area contributed by atoms with Gasteiger partial charge in [-0.3, -0.25) is 20.4 Å². The molecule has 0 atom stereocenters. The monoisotopic (exact) mass is 463 g/mol. The van der Waals surface area contributed by atoms with Gasteiger partial charge in [0.25, 0.3) is 5.69 Å². The number of ether oxygens (including phenoxy) is 1. The Balaban J connectivity index is 1.84. The maximum absolute atomic E-state index is 13.3. The molecule has 32 heavy (non-hydrogen) atoms. The summed E-state index contributed by atoms with van der Waals surface area (Å²) >= 11 is 0. The standard InChI is InChI=1S/C20H25N5O6S/c1-31-18-5-2-16(3-6-18)15-21-22-19-7-4-17(25(27)28)14-20(19)32(29,30)24-10-8-23(9-11-24)12-13-26/h2-7,14-15,22,26H,8-13H2,1H3/b21-15-. The van der Waals surface area contributed by atoms with E-state index in [2.05, 4.69) is 10.5 Å². The van der Waals surface area contributed by atoms with Gasteiger partial charge >= 0.3 is 0 Å². The lowest BCUT2D eigenvalue weighted by Gasteiger charge is -2.33. The molecule has 2 aromatic rings. The number of aliphatic hydroxyl groups excluding tert-OH is 1. The van der Waals surface area contributed by atoms with E-state index in [0.29, 0.717) is 25.4 Å². The highest BCUT2D eigenvalue weighted by Gasteiger charge is 2.31. The van der Waals surface area contributed by atoms with Gasteiger partial charge in [0, 0.05) is 44.9 Å². The molecule has 11 nitrogen and oxygen atoms in total. The number of nitro groups is 1. The molecule has 3 rings (SSSR count). The first-order chi connectivity index (χ1) is 15.3. The number of non-ortho nitro benzene ring substituents is 1. The van der Waals surface area contributed by atoms with Crippen molar-refractivity contribution in [2.75, 3.05) is 51.9 Å². The van der Waals surface area contributed by atoms with E-state index in [1.54, 1.807) is 31.4 Å². The lowest BCUT2D eigenvalue weighted by Crippen LogP contribution is -2.49. The van der Waals surface area contributed by atoms with Crippen LogP contribution in [-0.2, 0) is 10.0 Å². The highest BCUT2D eigenvalue weighted by atomic mass is 32.2. The molecule has 2 N–H and O–H groups in total. The Bertz CT molecular complexity index is 1070. The fraction of sp³-hybridized carbons (Fsp3) is 0.350. The van der Waals surface area contributed by atoms with Gasteiger partial charge in [0.2, 0.25) is 10.0 Å². The molecule has 0 unspecified atom stereocenters. The molecule has 0 spiro atoms. The number of piperazine rings is 1. The number of nitro benzene ring substituents is 1. The molecule has 0 aromatic heterocycles. The second-order valence-corrected chi connectivity index (χ2v) is 8.96. The van der Waals surface area contributed by atoms with Gasteiger partial charge in [0.1, 0.15) is 10.6 Å². The zero-order chi connectivity index (χ0) is 23.1. The van der Waals surface area contributed by atoms with Crippen molar-refractivity contribution in [1.29, 1.82) is 0 Å². The first-order valence-corrected chi connectivity index (χ1v) is 11.3. The summed E-state index contributed by atoms with van der Waals surface area (Å²) in [5.74, 6) is 0.693. The number of sulfonamides is 1. The summed E-state index contributed by atoms with van der Waals surface area (Å²) in [6.07, 6.45) is 1.50. The summed E-state index contributed by atoms with van der Waals surface area (Å²) in [4.78, 5) is 12.3. The van der Waals surface area contributed by atoms with Gasteiger partial charge in [-0.15, -0.1) is 0 Å². The molecule has 1 aliphatic heterocycles. The van der Waals surface area contributed by atoms with E-state index < -0.39 is 14.9 Å². The van der Waals surface area contributed by atoms with Gasteiger partial charge in [-0.25, -0.2) is 8.42 Å². The van der Waals surface area contributed by atoms with Crippen molar-refractivity contribution in [3.05, 3.63) is 58.1 Å². The largest absolute Gasteiger partial charge is 0.497 e. The van der Waals surface area contributed by atoms with Gasteiger partial charge in [0.15, 0.2) is 0 Å². The van der Waals surface area contributed by atoms with Crippen LogP contribution in [0.15, 0.2) is 52.5 Å². The van der Waals surface area contributed by atoms with E-state index >= 15 is 0 Å². The van der Waals surface area contributed by atoms with Crippen LogP contribution in [0, 0.1) is 10.1 Å². The second kappa shape index (κ2) is 10.5. The molecule has 2 aromatic carbocycles. The molecule has 12 heteroatoms. The molecule has 0 aliphatic carbocycles. The van der Waals surface area contributed by atoms with Crippen LogP contribution in [0.25, 0.3) is 0 Å². The molecule has 1 fully saturated rings. The number of hydrogen-bond donors (Lipinski definition) is 2. The Morgan fingerprint density at radius 1 is 1.19 bits per heavy atom. The molecule has 0 amide bonds. The number of anilines is 1. The highest BCUT2D eigenvalue weighted by Crippen LogP contribution is 2.29. The molecule has 172 valence electrons. The molecule has 0 radical (unpaired) electrons. The number of nitrogens with one attached hydrogen (secondary N) is 1. The van der Waals surface area contributed by atoms with Crippen molar-refractivity contribution in [1.82, 2.24) is 9.21 Å². The number of rotatable bonds is 9. The van der Waals surface area contributed by atoms with E-state index in [4.69, 9.17) is 9.84 Å². The highest BCUT2D eigenvalue weighted by molar-refractivity contribution is 7.89. The number of aliphatic hydroxyl groups is 1. The Kier molecular flexibility index (Phi) is 7.75. The van der Waals surface area contributed by atoms with Crippen molar-refractivity contribution in [3.8, 4) is 5.75 Å².